The van der Waals surface area contributed by atoms with Crippen molar-refractivity contribution in [3.63, 3.8) is 0 Å². The van der Waals surface area contributed by atoms with Crippen LogP contribution >= 0.6 is 0 Å². The van der Waals surface area contributed by atoms with E-state index in [1.54, 1.807) is 18.2 Å². The van der Waals surface area contributed by atoms with Crippen molar-refractivity contribution < 1.29 is 13.2 Å². The van der Waals surface area contributed by atoms with E-state index in [1.807, 2.05) is 54.6 Å². The van der Waals surface area contributed by atoms with Gasteiger partial charge in [0, 0.05) is 17.2 Å². The maximum absolute atomic E-state index is 11.9. The van der Waals surface area contributed by atoms with Gasteiger partial charge in [-0.2, -0.15) is 0 Å². The van der Waals surface area contributed by atoms with Gasteiger partial charge in [0.2, 0.25) is 0 Å². The van der Waals surface area contributed by atoms with Crippen LogP contribution < -0.4 is 10.1 Å². The molecule has 1 N–H and O–H groups in total. The number of hydrogen-bond donors (Lipinski definition) is 1. The van der Waals surface area contributed by atoms with E-state index in [9.17, 15) is 8.42 Å². The van der Waals surface area contributed by atoms with Crippen molar-refractivity contribution in [1.29, 1.82) is 0 Å². The molecule has 0 aliphatic carbocycles. The number of nitrogens with zero attached hydrogens (tertiary/aromatic N) is 2. The Hall–Kier alpha value is -3.45. The molecule has 0 amide bonds. The minimum Gasteiger partial charge on any atom is -0.491 e. The summed E-state index contributed by atoms with van der Waals surface area (Å²) in [6.45, 7) is 0.916. The van der Waals surface area contributed by atoms with Gasteiger partial charge >= 0.3 is 0 Å². The fourth-order valence-electron chi connectivity index (χ4n) is 3.19. The van der Waals surface area contributed by atoms with Crippen molar-refractivity contribution in [3.8, 4) is 16.9 Å². The summed E-state index contributed by atoms with van der Waals surface area (Å²) in [5.41, 5.74) is 2.80. The van der Waals surface area contributed by atoms with E-state index in [-0.39, 0.29) is 4.90 Å². The number of benzene rings is 3. The van der Waals surface area contributed by atoms with Crippen LogP contribution in [-0.2, 0) is 9.84 Å². The highest BCUT2D eigenvalue weighted by atomic mass is 32.2. The number of rotatable bonds is 7. The predicted octanol–water partition coefficient (Wildman–Crippen LogP) is 4.19. The number of aromatic nitrogens is 2. The van der Waals surface area contributed by atoms with Crippen molar-refractivity contribution in [2.45, 2.75) is 4.90 Å². The van der Waals surface area contributed by atoms with Crippen LogP contribution in [0.3, 0.4) is 0 Å². The van der Waals surface area contributed by atoms with Gasteiger partial charge in [-0.05, 0) is 29.8 Å². The Labute approximate surface area is 175 Å². The summed E-state index contributed by atoms with van der Waals surface area (Å²) in [6.07, 6.45) is 2.64. The van der Waals surface area contributed by atoms with Crippen LogP contribution in [0, 0.1) is 0 Å². The minimum atomic E-state index is -3.31. The summed E-state index contributed by atoms with van der Waals surface area (Å²) in [4.78, 5) is 8.71. The average Bonchev–Trinajstić information content (AvgIpc) is 2.76. The molecule has 3 aromatic carbocycles. The summed E-state index contributed by atoms with van der Waals surface area (Å²) < 4.78 is 29.7. The highest BCUT2D eigenvalue weighted by Gasteiger charge is 2.11. The predicted molar refractivity (Wildman–Crippen MR) is 119 cm³/mol. The molecule has 6 nitrogen and oxygen atoms in total. The highest BCUT2D eigenvalue weighted by molar-refractivity contribution is 7.90. The summed E-state index contributed by atoms with van der Waals surface area (Å²) in [6, 6.07) is 22.8. The molecule has 0 saturated carbocycles. The van der Waals surface area contributed by atoms with Crippen LogP contribution in [0.1, 0.15) is 0 Å². The van der Waals surface area contributed by atoms with Crippen LogP contribution in [0.2, 0.25) is 0 Å². The van der Waals surface area contributed by atoms with Crippen molar-refractivity contribution in [2.24, 2.45) is 0 Å². The first-order valence-electron chi connectivity index (χ1n) is 9.48. The molecular weight excluding hydrogens is 398 g/mol. The van der Waals surface area contributed by atoms with E-state index in [4.69, 9.17) is 4.74 Å². The average molecular weight is 420 g/mol. The number of ether oxygens (including phenoxy) is 1. The number of sulfone groups is 1. The zero-order valence-corrected chi connectivity index (χ0v) is 17.3. The van der Waals surface area contributed by atoms with Crippen LogP contribution in [0.4, 0.5) is 5.82 Å². The molecule has 0 atom stereocenters. The van der Waals surface area contributed by atoms with Crippen molar-refractivity contribution in [2.75, 3.05) is 24.7 Å². The molecule has 1 aromatic heterocycles. The van der Waals surface area contributed by atoms with Gasteiger partial charge in [0.1, 0.15) is 24.5 Å². The third-order valence-corrected chi connectivity index (χ3v) is 5.77. The standard InChI is InChI=1S/C23H21N3O3S/c1-30(27,28)18-11-12-21-20(15-18)23(26-16-25-21)24-13-14-29-22-10-6-5-9-19(22)17-7-3-2-4-8-17/h2-12,15-16H,13-14H2,1H3,(H,24,25,26). The van der Waals surface area contributed by atoms with Crippen LogP contribution in [0.5, 0.6) is 5.75 Å². The zero-order valence-electron chi connectivity index (χ0n) is 16.4. The summed E-state index contributed by atoms with van der Waals surface area (Å²) in [7, 11) is -3.31. The maximum atomic E-state index is 11.9. The maximum Gasteiger partial charge on any atom is 0.175 e. The lowest BCUT2D eigenvalue weighted by Crippen LogP contribution is -2.13. The summed E-state index contributed by atoms with van der Waals surface area (Å²) >= 11 is 0. The van der Waals surface area contributed by atoms with E-state index in [2.05, 4.69) is 15.3 Å². The normalized spacial score (nSPS) is 11.4. The second kappa shape index (κ2) is 8.51. The highest BCUT2D eigenvalue weighted by Crippen LogP contribution is 2.29. The van der Waals surface area contributed by atoms with Crippen LogP contribution in [-0.4, -0.2) is 37.8 Å². The van der Waals surface area contributed by atoms with Crippen LogP contribution in [0.25, 0.3) is 22.0 Å². The molecular formula is C23H21N3O3S. The fourth-order valence-corrected chi connectivity index (χ4v) is 3.83. The molecule has 0 aliphatic heterocycles. The first-order valence-corrected chi connectivity index (χ1v) is 11.4. The van der Waals surface area contributed by atoms with Gasteiger partial charge in [0.15, 0.2) is 9.84 Å². The van der Waals surface area contributed by atoms with Crippen molar-refractivity contribution in [3.05, 3.63) is 79.1 Å². The molecule has 0 saturated heterocycles. The molecule has 1 heterocycles. The lowest BCUT2D eigenvalue weighted by molar-refractivity contribution is 0.334. The number of hydrogen-bond acceptors (Lipinski definition) is 6. The molecule has 30 heavy (non-hydrogen) atoms. The van der Waals surface area contributed by atoms with E-state index in [0.29, 0.717) is 29.9 Å². The Balaban J connectivity index is 1.48. The van der Waals surface area contributed by atoms with Crippen molar-refractivity contribution in [1.82, 2.24) is 9.97 Å². The molecule has 0 spiro atoms. The van der Waals surface area contributed by atoms with Gasteiger partial charge in [-0.3, -0.25) is 0 Å². The lowest BCUT2D eigenvalue weighted by atomic mass is 10.1. The Kier molecular flexibility index (Phi) is 5.63. The third kappa shape index (κ3) is 4.41. The number of para-hydroxylation sites is 1. The second-order valence-electron chi connectivity index (χ2n) is 6.81. The number of fused-ring (bicyclic) bond motifs is 1. The molecule has 0 unspecified atom stereocenters. The van der Waals surface area contributed by atoms with Gasteiger partial charge in [-0.25, -0.2) is 18.4 Å². The monoisotopic (exact) mass is 419 g/mol. The zero-order chi connectivity index (χ0) is 21.0. The van der Waals surface area contributed by atoms with E-state index >= 15 is 0 Å². The quantitative estimate of drug-likeness (QED) is 0.453. The van der Waals surface area contributed by atoms with Crippen molar-refractivity contribution >= 4 is 26.6 Å². The topological polar surface area (TPSA) is 81.2 Å². The van der Waals surface area contributed by atoms with Crippen LogP contribution in [0.15, 0.2) is 84.0 Å². The minimum absolute atomic E-state index is 0.237. The van der Waals surface area contributed by atoms with E-state index in [0.717, 1.165) is 16.9 Å². The van der Waals surface area contributed by atoms with Gasteiger partial charge in [-0.15, -0.1) is 0 Å². The summed E-state index contributed by atoms with van der Waals surface area (Å²) in [5.74, 6) is 1.38. The molecule has 0 fully saturated rings. The number of anilines is 1. The molecule has 152 valence electrons. The second-order valence-corrected chi connectivity index (χ2v) is 8.83. The first kappa shape index (κ1) is 19.8. The Morgan fingerprint density at radius 3 is 2.50 bits per heavy atom. The number of nitrogens with one attached hydrogen (secondary N) is 1. The SMILES string of the molecule is CS(=O)(=O)c1ccc2ncnc(NCCOc3ccccc3-c3ccccc3)c2c1. The molecule has 4 rings (SSSR count). The van der Waals surface area contributed by atoms with Gasteiger partial charge in [-0.1, -0.05) is 48.5 Å². The molecule has 4 aromatic rings. The summed E-state index contributed by atoms with van der Waals surface area (Å²) in [5, 5.41) is 3.88. The van der Waals surface area contributed by atoms with E-state index in [1.165, 1.54) is 12.6 Å². The van der Waals surface area contributed by atoms with Gasteiger partial charge in [0.05, 0.1) is 17.0 Å². The van der Waals surface area contributed by atoms with Gasteiger partial charge in [0.25, 0.3) is 0 Å². The molecule has 0 bridgehead atoms. The molecule has 0 aliphatic rings. The third-order valence-electron chi connectivity index (χ3n) is 4.66. The smallest absolute Gasteiger partial charge is 0.175 e. The Morgan fingerprint density at radius 2 is 1.70 bits per heavy atom. The Bertz CT molecular complexity index is 1280. The fraction of sp³-hybridized carbons (Fsp3) is 0.130. The molecule has 0 radical (unpaired) electrons. The van der Waals surface area contributed by atoms with E-state index < -0.39 is 9.84 Å². The lowest BCUT2D eigenvalue weighted by Gasteiger charge is -2.13. The largest absolute Gasteiger partial charge is 0.491 e. The van der Waals surface area contributed by atoms with Gasteiger partial charge < -0.3 is 10.1 Å². The first-order chi connectivity index (χ1) is 14.5. The Morgan fingerprint density at radius 1 is 0.933 bits per heavy atom. The molecule has 7 heteroatoms.